The molecular formula is C23H26O5. The number of aromatic carboxylic acids is 1. The fraction of sp³-hybridized carbons (Fsp3) is 0.348. The van der Waals surface area contributed by atoms with Crippen LogP contribution >= 0.6 is 0 Å². The van der Waals surface area contributed by atoms with Crippen LogP contribution in [-0.2, 0) is 0 Å². The number of hydrogen-bond donors (Lipinski definition) is 3. The zero-order chi connectivity index (χ0) is 20.5. The Balaban J connectivity index is 1.95. The first kappa shape index (κ1) is 19.8. The van der Waals surface area contributed by atoms with Gasteiger partial charge in [-0.2, -0.15) is 0 Å². The molecule has 0 aliphatic heterocycles. The Kier molecular flexibility index (Phi) is 5.36. The highest BCUT2D eigenvalue weighted by atomic mass is 16.5. The van der Waals surface area contributed by atoms with E-state index < -0.39 is 5.97 Å². The third-order valence-corrected chi connectivity index (χ3v) is 5.33. The van der Waals surface area contributed by atoms with E-state index in [0.29, 0.717) is 17.7 Å². The smallest absolute Gasteiger partial charge is 0.340 e. The normalized spacial score (nSPS) is 16.1. The molecule has 0 fully saturated rings. The lowest BCUT2D eigenvalue weighted by atomic mass is 9.75. The highest BCUT2D eigenvalue weighted by Gasteiger charge is 2.26. The number of carbonyl (C=O) groups is 1. The molecule has 0 saturated heterocycles. The lowest BCUT2D eigenvalue weighted by Gasteiger charge is -2.32. The van der Waals surface area contributed by atoms with Crippen molar-refractivity contribution >= 4 is 5.97 Å². The van der Waals surface area contributed by atoms with E-state index in [2.05, 4.69) is 20.8 Å². The number of carboxylic acid groups (broad SMARTS) is 1. The van der Waals surface area contributed by atoms with E-state index in [1.165, 1.54) is 35.4 Å². The Hall–Kier alpha value is -2.95. The Morgan fingerprint density at radius 1 is 1.11 bits per heavy atom. The van der Waals surface area contributed by atoms with Gasteiger partial charge in [-0.05, 0) is 60.9 Å². The molecule has 0 spiro atoms. The zero-order valence-electron chi connectivity index (χ0n) is 16.5. The highest BCUT2D eigenvalue weighted by Crippen LogP contribution is 2.40. The van der Waals surface area contributed by atoms with E-state index in [9.17, 15) is 20.1 Å². The van der Waals surface area contributed by atoms with Crippen molar-refractivity contribution in [2.24, 2.45) is 5.41 Å². The minimum Gasteiger partial charge on any atom is -0.508 e. The molecule has 0 aromatic heterocycles. The van der Waals surface area contributed by atoms with Gasteiger partial charge in [0.15, 0.2) is 0 Å². The quantitative estimate of drug-likeness (QED) is 0.605. The molecule has 0 saturated carbocycles. The first-order chi connectivity index (χ1) is 13.2. The van der Waals surface area contributed by atoms with E-state index in [1.54, 1.807) is 12.1 Å². The summed E-state index contributed by atoms with van der Waals surface area (Å²) >= 11 is 0. The summed E-state index contributed by atoms with van der Waals surface area (Å²) in [6, 6.07) is 8.91. The Morgan fingerprint density at radius 3 is 2.39 bits per heavy atom. The second-order valence-corrected chi connectivity index (χ2v) is 8.23. The van der Waals surface area contributed by atoms with Gasteiger partial charge < -0.3 is 20.1 Å². The van der Waals surface area contributed by atoms with Gasteiger partial charge in [-0.15, -0.1) is 0 Å². The standard InChI is InChI=1S/C23H26O5/c1-14-12-23(2,3)9-8-16(14)13-28-20-11-18(25)10-19(21(20)22(26)27)15-4-6-17(24)7-5-15/h4-7,10-11,24-25H,8-9,12-13H2,1-3H3,(H,26,27). The van der Waals surface area contributed by atoms with Crippen molar-refractivity contribution < 1.29 is 24.9 Å². The maximum Gasteiger partial charge on any atom is 0.340 e. The topological polar surface area (TPSA) is 87.0 Å². The van der Waals surface area contributed by atoms with Crippen LogP contribution in [0, 0.1) is 5.41 Å². The lowest BCUT2D eigenvalue weighted by molar-refractivity contribution is 0.0693. The van der Waals surface area contributed by atoms with Crippen LogP contribution < -0.4 is 4.74 Å². The van der Waals surface area contributed by atoms with Crippen molar-refractivity contribution in [1.82, 2.24) is 0 Å². The second kappa shape index (κ2) is 7.58. The molecule has 1 aliphatic rings. The van der Waals surface area contributed by atoms with Gasteiger partial charge in [-0.3, -0.25) is 0 Å². The largest absolute Gasteiger partial charge is 0.508 e. The molecule has 5 nitrogen and oxygen atoms in total. The van der Waals surface area contributed by atoms with Gasteiger partial charge in [0.2, 0.25) is 0 Å². The predicted molar refractivity (Wildman–Crippen MR) is 108 cm³/mol. The number of rotatable bonds is 5. The Labute approximate surface area is 164 Å². The van der Waals surface area contributed by atoms with Crippen molar-refractivity contribution in [3.8, 4) is 28.4 Å². The molecule has 148 valence electrons. The summed E-state index contributed by atoms with van der Waals surface area (Å²) in [5, 5.41) is 29.4. The molecule has 3 rings (SSSR count). The maximum atomic E-state index is 12.0. The fourth-order valence-electron chi connectivity index (χ4n) is 3.80. The third-order valence-electron chi connectivity index (χ3n) is 5.33. The van der Waals surface area contributed by atoms with E-state index in [4.69, 9.17) is 4.74 Å². The van der Waals surface area contributed by atoms with Crippen LogP contribution in [-0.4, -0.2) is 27.9 Å². The van der Waals surface area contributed by atoms with Crippen LogP contribution in [0.5, 0.6) is 17.2 Å². The highest BCUT2D eigenvalue weighted by molar-refractivity contribution is 5.99. The first-order valence-corrected chi connectivity index (χ1v) is 9.36. The van der Waals surface area contributed by atoms with Crippen molar-refractivity contribution in [3.05, 3.63) is 53.1 Å². The molecule has 5 heteroatoms. The van der Waals surface area contributed by atoms with Gasteiger partial charge in [0, 0.05) is 11.6 Å². The molecule has 1 aliphatic carbocycles. The maximum absolute atomic E-state index is 12.0. The average Bonchev–Trinajstić information content (AvgIpc) is 2.60. The summed E-state index contributed by atoms with van der Waals surface area (Å²) in [6.07, 6.45) is 2.98. The van der Waals surface area contributed by atoms with Crippen molar-refractivity contribution in [2.75, 3.05) is 6.61 Å². The summed E-state index contributed by atoms with van der Waals surface area (Å²) in [6.45, 7) is 6.90. The summed E-state index contributed by atoms with van der Waals surface area (Å²) in [5.74, 6) is -0.979. The lowest BCUT2D eigenvalue weighted by Crippen LogP contribution is -2.20. The van der Waals surface area contributed by atoms with Crippen molar-refractivity contribution in [1.29, 1.82) is 0 Å². The molecule has 0 unspecified atom stereocenters. The van der Waals surface area contributed by atoms with E-state index in [0.717, 1.165) is 19.3 Å². The molecule has 2 aromatic carbocycles. The van der Waals surface area contributed by atoms with Crippen molar-refractivity contribution in [3.63, 3.8) is 0 Å². The summed E-state index contributed by atoms with van der Waals surface area (Å²) in [5.41, 5.74) is 3.66. The fourth-order valence-corrected chi connectivity index (χ4v) is 3.80. The van der Waals surface area contributed by atoms with Crippen LogP contribution in [0.25, 0.3) is 11.1 Å². The van der Waals surface area contributed by atoms with Gasteiger partial charge in [-0.1, -0.05) is 31.6 Å². The number of aromatic hydroxyl groups is 2. The Bertz CT molecular complexity index is 923. The molecule has 0 atom stereocenters. The predicted octanol–water partition coefficient (Wildman–Crippen LogP) is 5.37. The van der Waals surface area contributed by atoms with Gasteiger partial charge in [0.25, 0.3) is 0 Å². The number of ether oxygens (including phenoxy) is 1. The summed E-state index contributed by atoms with van der Waals surface area (Å²) < 4.78 is 5.90. The van der Waals surface area contributed by atoms with Gasteiger partial charge >= 0.3 is 5.97 Å². The SMILES string of the molecule is CC1=C(COc2cc(O)cc(-c3ccc(O)cc3)c2C(=O)O)CCC(C)(C)C1. The van der Waals surface area contributed by atoms with Crippen LogP contribution in [0.1, 0.15) is 50.4 Å². The van der Waals surface area contributed by atoms with Crippen LogP contribution in [0.15, 0.2) is 47.5 Å². The number of phenols is 2. The molecule has 0 amide bonds. The average molecular weight is 382 g/mol. The van der Waals surface area contributed by atoms with Gasteiger partial charge in [0.05, 0.1) is 0 Å². The number of carboxylic acids is 1. The van der Waals surface area contributed by atoms with E-state index >= 15 is 0 Å². The zero-order valence-corrected chi connectivity index (χ0v) is 16.5. The van der Waals surface area contributed by atoms with Crippen LogP contribution in [0.4, 0.5) is 0 Å². The molecule has 0 bridgehead atoms. The van der Waals surface area contributed by atoms with E-state index in [-0.39, 0.29) is 28.2 Å². The van der Waals surface area contributed by atoms with Gasteiger partial charge in [-0.25, -0.2) is 4.79 Å². The molecule has 3 N–H and O–H groups in total. The van der Waals surface area contributed by atoms with Crippen molar-refractivity contribution in [2.45, 2.75) is 40.0 Å². The van der Waals surface area contributed by atoms with E-state index in [1.807, 2.05) is 0 Å². The molecule has 0 heterocycles. The Morgan fingerprint density at radius 2 is 1.79 bits per heavy atom. The third kappa shape index (κ3) is 4.30. The minimum atomic E-state index is -1.13. The monoisotopic (exact) mass is 382 g/mol. The first-order valence-electron chi connectivity index (χ1n) is 9.36. The number of hydrogen-bond acceptors (Lipinski definition) is 4. The number of allylic oxidation sites excluding steroid dienone is 1. The summed E-state index contributed by atoms with van der Waals surface area (Å²) in [4.78, 5) is 12.0. The molecular weight excluding hydrogens is 356 g/mol. The number of benzene rings is 2. The van der Waals surface area contributed by atoms with Crippen LogP contribution in [0.3, 0.4) is 0 Å². The van der Waals surface area contributed by atoms with Crippen LogP contribution in [0.2, 0.25) is 0 Å². The molecule has 0 radical (unpaired) electrons. The molecule has 28 heavy (non-hydrogen) atoms. The van der Waals surface area contributed by atoms with Gasteiger partial charge in [0.1, 0.15) is 29.4 Å². The summed E-state index contributed by atoms with van der Waals surface area (Å²) in [7, 11) is 0. The number of phenolic OH excluding ortho intramolecular Hbond substituents is 2. The molecule has 2 aromatic rings. The second-order valence-electron chi connectivity index (χ2n) is 8.23. The minimum absolute atomic E-state index is 0.00196.